The summed E-state index contributed by atoms with van der Waals surface area (Å²) in [4.78, 5) is 11.9. The second kappa shape index (κ2) is 3.83. The van der Waals surface area contributed by atoms with Crippen LogP contribution in [-0.2, 0) is 6.54 Å². The number of benzene rings is 1. The number of H-pyrrole nitrogens is 1. The van der Waals surface area contributed by atoms with Crippen LogP contribution in [0.5, 0.6) is 5.75 Å². The average molecular weight is 246 g/mol. The normalized spacial score (nSPS) is 11.1. The number of hydrogen-bond donors (Lipinski definition) is 3. The lowest BCUT2D eigenvalue weighted by Crippen LogP contribution is -1.94. The zero-order valence-corrected chi connectivity index (χ0v) is 9.66. The van der Waals surface area contributed by atoms with E-state index in [1.165, 1.54) is 11.3 Å². The van der Waals surface area contributed by atoms with Crippen molar-refractivity contribution in [2.75, 3.05) is 0 Å². The molecule has 0 saturated carbocycles. The summed E-state index contributed by atoms with van der Waals surface area (Å²) in [6.45, 7) is 0.436. The third-order valence-corrected chi connectivity index (χ3v) is 3.31. The molecule has 0 aliphatic carbocycles. The van der Waals surface area contributed by atoms with Gasteiger partial charge in [0.15, 0.2) is 5.82 Å². The molecule has 0 amide bonds. The molecule has 0 atom stereocenters. The fraction of sp³-hybridized carbons (Fsp3) is 0.0909. The highest BCUT2D eigenvalue weighted by atomic mass is 32.1. The summed E-state index contributed by atoms with van der Waals surface area (Å²) in [5.41, 5.74) is 7.90. The molecule has 0 aliphatic heterocycles. The van der Waals surface area contributed by atoms with Crippen LogP contribution < -0.4 is 5.73 Å². The van der Waals surface area contributed by atoms with Gasteiger partial charge in [-0.1, -0.05) is 0 Å². The van der Waals surface area contributed by atoms with Gasteiger partial charge >= 0.3 is 0 Å². The number of nitrogens with zero attached hydrogens (tertiary/aromatic N) is 2. The Labute approximate surface area is 101 Å². The smallest absolute Gasteiger partial charge is 0.158 e. The van der Waals surface area contributed by atoms with Gasteiger partial charge < -0.3 is 15.8 Å². The second-order valence-corrected chi connectivity index (χ2v) is 4.56. The third kappa shape index (κ3) is 1.77. The van der Waals surface area contributed by atoms with E-state index in [9.17, 15) is 5.11 Å². The van der Waals surface area contributed by atoms with E-state index in [0.29, 0.717) is 12.4 Å². The predicted octanol–water partition coefficient (Wildman–Crippen LogP) is 1.85. The quantitative estimate of drug-likeness (QED) is 0.644. The monoisotopic (exact) mass is 246 g/mol. The van der Waals surface area contributed by atoms with E-state index in [-0.39, 0.29) is 5.75 Å². The van der Waals surface area contributed by atoms with E-state index in [1.807, 2.05) is 5.38 Å². The van der Waals surface area contributed by atoms with Crippen LogP contribution in [0.2, 0.25) is 0 Å². The number of nitrogens with one attached hydrogen (secondary N) is 1. The van der Waals surface area contributed by atoms with E-state index in [4.69, 9.17) is 5.73 Å². The first-order chi connectivity index (χ1) is 8.26. The summed E-state index contributed by atoms with van der Waals surface area (Å²) in [5.74, 6) is 0.912. The molecule has 4 N–H and O–H groups in total. The van der Waals surface area contributed by atoms with Crippen LogP contribution in [-0.4, -0.2) is 20.1 Å². The Morgan fingerprint density at radius 2 is 2.24 bits per heavy atom. The SMILES string of the molecule is NCc1nc(-c2nc3ccc(O)cc3[nH]2)cs1. The van der Waals surface area contributed by atoms with Crippen LogP contribution >= 0.6 is 11.3 Å². The molecule has 0 radical (unpaired) electrons. The summed E-state index contributed by atoms with van der Waals surface area (Å²) < 4.78 is 0. The maximum Gasteiger partial charge on any atom is 0.158 e. The van der Waals surface area contributed by atoms with Crippen LogP contribution in [0.3, 0.4) is 0 Å². The number of aromatic hydroxyl groups is 1. The first-order valence-corrected chi connectivity index (χ1v) is 5.98. The first kappa shape index (κ1) is 10.2. The minimum absolute atomic E-state index is 0.216. The number of aromatic amines is 1. The summed E-state index contributed by atoms with van der Waals surface area (Å²) in [6.07, 6.45) is 0. The molecule has 1 aromatic carbocycles. The van der Waals surface area contributed by atoms with Crippen molar-refractivity contribution < 1.29 is 5.11 Å². The number of phenols is 1. The van der Waals surface area contributed by atoms with Crippen molar-refractivity contribution in [2.24, 2.45) is 5.73 Å². The van der Waals surface area contributed by atoms with Gasteiger partial charge in [-0.2, -0.15) is 0 Å². The van der Waals surface area contributed by atoms with Gasteiger partial charge in [0, 0.05) is 18.0 Å². The molecule has 0 fully saturated rings. The Kier molecular flexibility index (Phi) is 2.31. The van der Waals surface area contributed by atoms with Crippen molar-refractivity contribution in [3.63, 3.8) is 0 Å². The minimum atomic E-state index is 0.216. The Bertz CT molecular complexity index is 673. The average Bonchev–Trinajstić information content (AvgIpc) is 2.93. The molecule has 2 aromatic heterocycles. The second-order valence-electron chi connectivity index (χ2n) is 3.62. The van der Waals surface area contributed by atoms with Crippen LogP contribution in [0.25, 0.3) is 22.6 Å². The molecule has 6 heteroatoms. The van der Waals surface area contributed by atoms with Gasteiger partial charge in [-0.05, 0) is 12.1 Å². The van der Waals surface area contributed by atoms with Crippen LogP contribution in [0.1, 0.15) is 5.01 Å². The lowest BCUT2D eigenvalue weighted by atomic mass is 10.3. The maximum atomic E-state index is 9.37. The van der Waals surface area contributed by atoms with Gasteiger partial charge in [-0.25, -0.2) is 9.97 Å². The molecule has 3 rings (SSSR count). The van der Waals surface area contributed by atoms with Crippen LogP contribution in [0.4, 0.5) is 0 Å². The standard InChI is InChI=1S/C11H10N4OS/c12-4-10-13-9(5-17-10)11-14-7-2-1-6(16)3-8(7)15-11/h1-3,5,16H,4,12H2,(H,14,15). The number of phenolic OH excluding ortho intramolecular Hbond substituents is 1. The van der Waals surface area contributed by atoms with Crippen LogP contribution in [0.15, 0.2) is 23.6 Å². The molecule has 0 unspecified atom stereocenters. The summed E-state index contributed by atoms with van der Waals surface area (Å²) in [5, 5.41) is 12.2. The molecule has 0 saturated heterocycles. The minimum Gasteiger partial charge on any atom is -0.508 e. The molecule has 86 valence electrons. The zero-order valence-electron chi connectivity index (χ0n) is 8.84. The van der Waals surface area contributed by atoms with Crippen molar-refractivity contribution in [2.45, 2.75) is 6.54 Å². The fourth-order valence-corrected chi connectivity index (χ4v) is 2.29. The Hall–Kier alpha value is -1.92. The number of nitrogens with two attached hydrogens (primary N) is 1. The largest absolute Gasteiger partial charge is 0.508 e. The third-order valence-electron chi connectivity index (χ3n) is 2.43. The van der Waals surface area contributed by atoms with Crippen LogP contribution in [0, 0.1) is 0 Å². The van der Waals surface area contributed by atoms with E-state index in [2.05, 4.69) is 15.0 Å². The number of hydrogen-bond acceptors (Lipinski definition) is 5. The van der Waals surface area contributed by atoms with Gasteiger partial charge in [-0.3, -0.25) is 0 Å². The molecule has 5 nitrogen and oxygen atoms in total. The van der Waals surface area contributed by atoms with E-state index in [0.717, 1.165) is 21.7 Å². The molecule has 2 heterocycles. The Balaban J connectivity index is 2.11. The summed E-state index contributed by atoms with van der Waals surface area (Å²) >= 11 is 1.51. The van der Waals surface area contributed by atoms with E-state index < -0.39 is 0 Å². The van der Waals surface area contributed by atoms with Crippen molar-refractivity contribution in [1.29, 1.82) is 0 Å². The summed E-state index contributed by atoms with van der Waals surface area (Å²) in [6, 6.07) is 5.02. The number of thiazole rings is 1. The van der Waals surface area contributed by atoms with Gasteiger partial charge in [0.1, 0.15) is 16.5 Å². The molecular formula is C11H10N4OS. The molecule has 3 aromatic rings. The fourth-order valence-electron chi connectivity index (χ4n) is 1.63. The summed E-state index contributed by atoms with van der Waals surface area (Å²) in [7, 11) is 0. The lowest BCUT2D eigenvalue weighted by Gasteiger charge is -1.88. The molecular weight excluding hydrogens is 236 g/mol. The zero-order chi connectivity index (χ0) is 11.8. The highest BCUT2D eigenvalue weighted by Crippen LogP contribution is 2.24. The number of imidazole rings is 1. The maximum absolute atomic E-state index is 9.37. The highest BCUT2D eigenvalue weighted by Gasteiger charge is 2.09. The topological polar surface area (TPSA) is 87.8 Å². The number of aromatic nitrogens is 3. The number of fused-ring (bicyclic) bond motifs is 1. The molecule has 0 aliphatic rings. The predicted molar refractivity (Wildman–Crippen MR) is 66.8 cm³/mol. The molecule has 0 bridgehead atoms. The molecule has 17 heavy (non-hydrogen) atoms. The van der Waals surface area contributed by atoms with Crippen molar-refractivity contribution in [1.82, 2.24) is 15.0 Å². The van der Waals surface area contributed by atoms with Crippen molar-refractivity contribution in [3.05, 3.63) is 28.6 Å². The van der Waals surface area contributed by atoms with E-state index in [1.54, 1.807) is 18.2 Å². The first-order valence-electron chi connectivity index (χ1n) is 5.10. The van der Waals surface area contributed by atoms with Gasteiger partial charge in [0.2, 0.25) is 0 Å². The lowest BCUT2D eigenvalue weighted by molar-refractivity contribution is 0.476. The van der Waals surface area contributed by atoms with Crippen molar-refractivity contribution in [3.8, 4) is 17.3 Å². The molecule has 0 spiro atoms. The van der Waals surface area contributed by atoms with Gasteiger partial charge in [-0.15, -0.1) is 11.3 Å². The Morgan fingerprint density at radius 3 is 3.00 bits per heavy atom. The van der Waals surface area contributed by atoms with E-state index >= 15 is 0 Å². The Morgan fingerprint density at radius 1 is 1.35 bits per heavy atom. The van der Waals surface area contributed by atoms with Gasteiger partial charge in [0.05, 0.1) is 11.0 Å². The van der Waals surface area contributed by atoms with Crippen molar-refractivity contribution >= 4 is 22.4 Å². The van der Waals surface area contributed by atoms with Gasteiger partial charge in [0.25, 0.3) is 0 Å². The highest BCUT2D eigenvalue weighted by molar-refractivity contribution is 7.09. The number of rotatable bonds is 2.